The summed E-state index contributed by atoms with van der Waals surface area (Å²) in [5, 5.41) is 9.69. The molecule has 1 heterocycles. The largest absolute Gasteiger partial charge is 0.343 e. The van der Waals surface area contributed by atoms with Gasteiger partial charge in [-0.1, -0.05) is 22.9 Å². The molecule has 0 spiro atoms. The Kier molecular flexibility index (Phi) is 4.84. The number of amides is 1. The van der Waals surface area contributed by atoms with Crippen molar-refractivity contribution in [1.82, 2.24) is 15.5 Å². The van der Waals surface area contributed by atoms with Gasteiger partial charge < -0.3 is 15.2 Å². The second-order valence-corrected chi connectivity index (χ2v) is 4.63. The van der Waals surface area contributed by atoms with Crippen LogP contribution in [0.2, 0.25) is 0 Å². The van der Waals surface area contributed by atoms with Crippen LogP contribution < -0.4 is 10.6 Å². The van der Waals surface area contributed by atoms with Gasteiger partial charge in [0.25, 0.3) is 0 Å². The lowest BCUT2D eigenvalue weighted by Gasteiger charge is -2.13. The molecule has 1 atom stereocenters. The predicted molar refractivity (Wildman–Crippen MR) is 75.3 cm³/mol. The Labute approximate surface area is 117 Å². The number of hydrogen-bond acceptors (Lipinski definition) is 5. The zero-order valence-corrected chi connectivity index (χ0v) is 11.6. The SMILES string of the molecule is Cc1ccc(NC(=O)C(C)NCCc2ncon2)cc1. The summed E-state index contributed by atoms with van der Waals surface area (Å²) in [5.41, 5.74) is 1.96. The highest BCUT2D eigenvalue weighted by Gasteiger charge is 2.12. The number of nitrogens with zero attached hydrogens (tertiary/aromatic N) is 2. The number of aryl methyl sites for hydroxylation is 1. The molecule has 6 heteroatoms. The van der Waals surface area contributed by atoms with Gasteiger partial charge in [0.15, 0.2) is 5.82 Å². The summed E-state index contributed by atoms with van der Waals surface area (Å²) >= 11 is 0. The van der Waals surface area contributed by atoms with Gasteiger partial charge in [0.2, 0.25) is 12.3 Å². The first-order valence-electron chi connectivity index (χ1n) is 6.51. The molecule has 0 radical (unpaired) electrons. The topological polar surface area (TPSA) is 80.0 Å². The summed E-state index contributed by atoms with van der Waals surface area (Å²) in [6.07, 6.45) is 1.92. The number of carbonyl (C=O) groups is 1. The van der Waals surface area contributed by atoms with E-state index in [0.717, 1.165) is 11.3 Å². The van der Waals surface area contributed by atoms with Crippen molar-refractivity contribution in [2.24, 2.45) is 0 Å². The lowest BCUT2D eigenvalue weighted by Crippen LogP contribution is -2.39. The lowest BCUT2D eigenvalue weighted by atomic mass is 10.2. The highest BCUT2D eigenvalue weighted by atomic mass is 16.5. The number of benzene rings is 1. The molecule has 2 rings (SSSR count). The second kappa shape index (κ2) is 6.81. The number of nitrogens with one attached hydrogen (secondary N) is 2. The maximum atomic E-state index is 12.0. The molecule has 0 saturated carbocycles. The van der Waals surface area contributed by atoms with E-state index in [2.05, 4.69) is 25.3 Å². The van der Waals surface area contributed by atoms with E-state index in [4.69, 9.17) is 0 Å². The third-order valence-corrected chi connectivity index (χ3v) is 2.92. The Bertz CT molecular complexity index is 537. The maximum absolute atomic E-state index is 12.0. The molecule has 1 aromatic carbocycles. The van der Waals surface area contributed by atoms with Gasteiger partial charge in [-0.25, -0.2) is 0 Å². The molecule has 0 bridgehead atoms. The Morgan fingerprint density at radius 2 is 2.10 bits per heavy atom. The summed E-state index contributed by atoms with van der Waals surface area (Å²) in [5.74, 6) is 0.561. The highest BCUT2D eigenvalue weighted by Crippen LogP contribution is 2.08. The smallest absolute Gasteiger partial charge is 0.241 e. The van der Waals surface area contributed by atoms with Gasteiger partial charge in [-0.05, 0) is 26.0 Å². The first-order valence-corrected chi connectivity index (χ1v) is 6.51. The van der Waals surface area contributed by atoms with Gasteiger partial charge in [0, 0.05) is 18.7 Å². The molecule has 6 nitrogen and oxygen atoms in total. The van der Waals surface area contributed by atoms with E-state index in [1.54, 1.807) is 0 Å². The summed E-state index contributed by atoms with van der Waals surface area (Å²) in [6, 6.07) is 7.41. The zero-order chi connectivity index (χ0) is 14.4. The van der Waals surface area contributed by atoms with E-state index < -0.39 is 0 Å². The number of anilines is 1. The molecular formula is C14H18N4O2. The van der Waals surface area contributed by atoms with Crippen molar-refractivity contribution in [1.29, 1.82) is 0 Å². The van der Waals surface area contributed by atoms with Crippen molar-refractivity contribution < 1.29 is 9.32 Å². The standard InChI is InChI=1S/C14H18N4O2/c1-10-3-5-12(6-4-10)17-14(19)11(2)15-8-7-13-16-9-20-18-13/h3-6,9,11,15H,7-8H2,1-2H3,(H,17,19). The van der Waals surface area contributed by atoms with E-state index in [0.29, 0.717) is 18.8 Å². The first-order chi connectivity index (χ1) is 9.65. The fraction of sp³-hybridized carbons (Fsp3) is 0.357. The molecule has 0 aliphatic rings. The molecule has 20 heavy (non-hydrogen) atoms. The number of aromatic nitrogens is 2. The molecule has 0 fully saturated rings. The first kappa shape index (κ1) is 14.2. The molecule has 0 aliphatic heterocycles. The van der Waals surface area contributed by atoms with Crippen LogP contribution in [0, 0.1) is 6.92 Å². The minimum absolute atomic E-state index is 0.0676. The van der Waals surface area contributed by atoms with E-state index in [9.17, 15) is 4.79 Å². The van der Waals surface area contributed by atoms with Crippen molar-refractivity contribution in [2.75, 3.05) is 11.9 Å². The zero-order valence-electron chi connectivity index (χ0n) is 11.6. The van der Waals surface area contributed by atoms with Gasteiger partial charge in [0.05, 0.1) is 6.04 Å². The van der Waals surface area contributed by atoms with E-state index in [-0.39, 0.29) is 11.9 Å². The van der Waals surface area contributed by atoms with Gasteiger partial charge in [-0.15, -0.1) is 0 Å². The summed E-state index contributed by atoms with van der Waals surface area (Å²) in [4.78, 5) is 15.9. The number of hydrogen-bond donors (Lipinski definition) is 2. The van der Waals surface area contributed by atoms with Crippen LogP contribution >= 0.6 is 0 Å². The van der Waals surface area contributed by atoms with Gasteiger partial charge >= 0.3 is 0 Å². The van der Waals surface area contributed by atoms with Crippen LogP contribution in [0.25, 0.3) is 0 Å². The average molecular weight is 274 g/mol. The van der Waals surface area contributed by atoms with Gasteiger partial charge in [-0.3, -0.25) is 4.79 Å². The van der Waals surface area contributed by atoms with Crippen LogP contribution in [-0.2, 0) is 11.2 Å². The molecule has 0 aliphatic carbocycles. The van der Waals surface area contributed by atoms with E-state index >= 15 is 0 Å². The summed E-state index contributed by atoms with van der Waals surface area (Å²) < 4.78 is 4.64. The lowest BCUT2D eigenvalue weighted by molar-refractivity contribution is -0.117. The highest BCUT2D eigenvalue weighted by molar-refractivity contribution is 5.94. The third kappa shape index (κ3) is 4.17. The second-order valence-electron chi connectivity index (χ2n) is 4.63. The van der Waals surface area contributed by atoms with Crippen molar-refractivity contribution in [2.45, 2.75) is 26.3 Å². The normalized spacial score (nSPS) is 12.1. The summed E-state index contributed by atoms with van der Waals surface area (Å²) in [6.45, 7) is 4.44. The Balaban J connectivity index is 1.75. The van der Waals surface area contributed by atoms with Gasteiger partial charge in [-0.2, -0.15) is 4.98 Å². The van der Waals surface area contributed by atoms with Crippen LogP contribution in [0.4, 0.5) is 5.69 Å². The van der Waals surface area contributed by atoms with Crippen LogP contribution in [0.3, 0.4) is 0 Å². The fourth-order valence-electron chi connectivity index (χ4n) is 1.68. The van der Waals surface area contributed by atoms with E-state index in [1.165, 1.54) is 6.39 Å². The minimum Gasteiger partial charge on any atom is -0.343 e. The van der Waals surface area contributed by atoms with Crippen LogP contribution in [0.1, 0.15) is 18.3 Å². The van der Waals surface area contributed by atoms with Crippen LogP contribution in [-0.4, -0.2) is 28.6 Å². The van der Waals surface area contributed by atoms with Crippen molar-refractivity contribution in [3.05, 3.63) is 42.0 Å². The molecular weight excluding hydrogens is 256 g/mol. The minimum atomic E-state index is -0.289. The molecule has 1 aromatic heterocycles. The van der Waals surface area contributed by atoms with Crippen molar-refractivity contribution >= 4 is 11.6 Å². The van der Waals surface area contributed by atoms with Crippen LogP contribution in [0.15, 0.2) is 35.2 Å². The molecule has 0 saturated heterocycles. The predicted octanol–water partition coefficient (Wildman–Crippen LogP) is 1.54. The monoisotopic (exact) mass is 274 g/mol. The Hall–Kier alpha value is -2.21. The van der Waals surface area contributed by atoms with E-state index in [1.807, 2.05) is 38.1 Å². The van der Waals surface area contributed by atoms with Crippen molar-refractivity contribution in [3.8, 4) is 0 Å². The quantitative estimate of drug-likeness (QED) is 0.835. The van der Waals surface area contributed by atoms with Gasteiger partial charge in [0.1, 0.15) is 0 Å². The molecule has 2 aromatic rings. The Morgan fingerprint density at radius 1 is 1.35 bits per heavy atom. The molecule has 1 amide bonds. The van der Waals surface area contributed by atoms with Crippen molar-refractivity contribution in [3.63, 3.8) is 0 Å². The summed E-state index contributed by atoms with van der Waals surface area (Å²) in [7, 11) is 0. The number of rotatable bonds is 6. The third-order valence-electron chi connectivity index (χ3n) is 2.92. The number of carbonyl (C=O) groups excluding carboxylic acids is 1. The van der Waals surface area contributed by atoms with Crippen LogP contribution in [0.5, 0.6) is 0 Å². The average Bonchev–Trinajstić information content (AvgIpc) is 2.94. The molecule has 1 unspecified atom stereocenters. The molecule has 106 valence electrons. The Morgan fingerprint density at radius 3 is 2.75 bits per heavy atom. The molecule has 2 N–H and O–H groups in total. The maximum Gasteiger partial charge on any atom is 0.241 e. The fourth-order valence-corrected chi connectivity index (χ4v) is 1.68.